The maximum atomic E-state index is 13.0. The Kier molecular flexibility index (Phi) is 6.90. The molecule has 0 aromatic heterocycles. The summed E-state index contributed by atoms with van der Waals surface area (Å²) in [4.78, 5) is 37.6. The van der Waals surface area contributed by atoms with Gasteiger partial charge in [0.2, 0.25) is 12.5 Å². The number of nitrogens with zero attached hydrogens (tertiary/aromatic N) is 2. The topological polar surface area (TPSA) is 119 Å². The van der Waals surface area contributed by atoms with Gasteiger partial charge in [0.25, 0.3) is 0 Å². The third-order valence-electron chi connectivity index (χ3n) is 4.21. The van der Waals surface area contributed by atoms with Crippen molar-refractivity contribution in [2.75, 3.05) is 39.5 Å². The quantitative estimate of drug-likeness (QED) is 0.328. The number of nitro groups is 1. The average molecular weight is 366 g/mol. The van der Waals surface area contributed by atoms with E-state index in [1.807, 2.05) is 0 Å². The van der Waals surface area contributed by atoms with Crippen LogP contribution in [0.2, 0.25) is 0 Å². The van der Waals surface area contributed by atoms with Gasteiger partial charge in [-0.2, -0.15) is 0 Å². The van der Waals surface area contributed by atoms with Gasteiger partial charge in [-0.05, 0) is 13.0 Å². The highest BCUT2D eigenvalue weighted by atomic mass is 16.6. The molecule has 0 bridgehead atoms. The van der Waals surface area contributed by atoms with Gasteiger partial charge in [-0.15, -0.1) is 0 Å². The van der Waals surface area contributed by atoms with Gasteiger partial charge in [-0.25, -0.2) is 0 Å². The molecular formula is C17H22N2O7. The Hall–Kier alpha value is -2.68. The fourth-order valence-electron chi connectivity index (χ4n) is 2.99. The smallest absolute Gasteiger partial charge is 0.319 e. The van der Waals surface area contributed by atoms with E-state index in [2.05, 4.69) is 0 Å². The van der Waals surface area contributed by atoms with Crippen LogP contribution >= 0.6 is 0 Å². The number of rotatable bonds is 7. The number of ether oxygens (including phenoxy) is 2. The standard InChI is InChI=1S/C17H22N2O7/c1-2-26-17(22)15(16(21)18-7-9-25-10-8-18)13(11-19(23)24)12-5-3-4-6-14(12)20/h3-6,13,15,20H,2,7-11H2,1H3. The number of amides is 1. The van der Waals surface area contributed by atoms with E-state index < -0.39 is 35.2 Å². The SMILES string of the molecule is CCOC(=O)C(C(=O)N1CCOCC1)C(C[N+](=O)[O-])c1ccccc1O. The van der Waals surface area contributed by atoms with Crippen LogP contribution in [-0.4, -0.2) is 66.3 Å². The maximum Gasteiger partial charge on any atom is 0.319 e. The number of hydrogen-bond donors (Lipinski definition) is 1. The van der Waals surface area contributed by atoms with Crippen molar-refractivity contribution >= 4 is 11.9 Å². The molecule has 1 saturated heterocycles. The maximum absolute atomic E-state index is 13.0. The Bertz CT molecular complexity index is 658. The minimum atomic E-state index is -1.41. The second-order valence-corrected chi connectivity index (χ2v) is 5.85. The number of phenolic OH excluding ortho intramolecular Hbond substituents is 1. The van der Waals surface area contributed by atoms with Crippen LogP contribution in [-0.2, 0) is 19.1 Å². The van der Waals surface area contributed by atoms with Crippen molar-refractivity contribution in [1.82, 2.24) is 4.90 Å². The van der Waals surface area contributed by atoms with E-state index in [1.165, 1.54) is 17.0 Å². The van der Waals surface area contributed by atoms with Crippen molar-refractivity contribution in [1.29, 1.82) is 0 Å². The lowest BCUT2D eigenvalue weighted by molar-refractivity contribution is -0.484. The molecule has 1 aromatic rings. The predicted molar refractivity (Wildman–Crippen MR) is 90.2 cm³/mol. The van der Waals surface area contributed by atoms with E-state index in [0.717, 1.165) is 0 Å². The highest BCUT2D eigenvalue weighted by Gasteiger charge is 2.43. The molecule has 0 saturated carbocycles. The summed E-state index contributed by atoms with van der Waals surface area (Å²) in [6.07, 6.45) is 0. The first-order chi connectivity index (χ1) is 12.5. The van der Waals surface area contributed by atoms with Crippen molar-refractivity contribution in [3.05, 3.63) is 39.9 Å². The van der Waals surface area contributed by atoms with Crippen molar-refractivity contribution in [2.45, 2.75) is 12.8 Å². The normalized spacial score (nSPS) is 16.6. The number of hydrogen-bond acceptors (Lipinski definition) is 7. The van der Waals surface area contributed by atoms with Gasteiger partial charge in [-0.3, -0.25) is 19.7 Å². The summed E-state index contributed by atoms with van der Waals surface area (Å²) < 4.78 is 10.2. The van der Waals surface area contributed by atoms with Crippen molar-refractivity contribution < 1.29 is 29.1 Å². The van der Waals surface area contributed by atoms with Gasteiger partial charge in [0.15, 0.2) is 0 Å². The van der Waals surface area contributed by atoms with E-state index in [-0.39, 0.29) is 17.9 Å². The summed E-state index contributed by atoms with van der Waals surface area (Å²) in [5, 5.41) is 21.3. The summed E-state index contributed by atoms with van der Waals surface area (Å²) >= 11 is 0. The number of para-hydroxylation sites is 1. The third kappa shape index (κ3) is 4.69. The fraction of sp³-hybridized carbons (Fsp3) is 0.529. The summed E-state index contributed by atoms with van der Waals surface area (Å²) in [7, 11) is 0. The molecular weight excluding hydrogens is 344 g/mol. The molecule has 26 heavy (non-hydrogen) atoms. The van der Waals surface area contributed by atoms with Crippen molar-refractivity contribution in [3.63, 3.8) is 0 Å². The Labute approximate surface area is 150 Å². The third-order valence-corrected chi connectivity index (χ3v) is 4.21. The molecule has 0 radical (unpaired) electrons. The van der Waals surface area contributed by atoms with E-state index in [0.29, 0.717) is 26.3 Å². The summed E-state index contributed by atoms with van der Waals surface area (Å²) in [6.45, 7) is 2.20. The number of benzene rings is 1. The van der Waals surface area contributed by atoms with Gasteiger partial charge >= 0.3 is 5.97 Å². The molecule has 9 nitrogen and oxygen atoms in total. The number of phenols is 1. The van der Waals surface area contributed by atoms with Gasteiger partial charge < -0.3 is 19.5 Å². The molecule has 1 aliphatic rings. The first-order valence-electron chi connectivity index (χ1n) is 8.38. The second-order valence-electron chi connectivity index (χ2n) is 5.85. The van der Waals surface area contributed by atoms with Crippen LogP contribution in [0.5, 0.6) is 5.75 Å². The molecule has 1 amide bonds. The lowest BCUT2D eigenvalue weighted by atomic mass is 9.84. The number of morpholine rings is 1. The number of esters is 1. The Morgan fingerprint density at radius 1 is 1.35 bits per heavy atom. The van der Waals surface area contributed by atoms with Crippen LogP contribution in [0.15, 0.2) is 24.3 Å². The lowest BCUT2D eigenvalue weighted by Gasteiger charge is -2.32. The molecule has 0 aliphatic carbocycles. The molecule has 2 atom stereocenters. The number of aromatic hydroxyl groups is 1. The van der Waals surface area contributed by atoms with Crippen LogP contribution in [0.1, 0.15) is 18.4 Å². The summed E-state index contributed by atoms with van der Waals surface area (Å²) in [5.41, 5.74) is 0.170. The van der Waals surface area contributed by atoms with Gasteiger partial charge in [-0.1, -0.05) is 18.2 Å². The van der Waals surface area contributed by atoms with Crippen LogP contribution in [0.25, 0.3) is 0 Å². The van der Waals surface area contributed by atoms with E-state index in [4.69, 9.17) is 9.47 Å². The Balaban J connectivity index is 2.43. The first kappa shape index (κ1) is 19.6. The molecule has 1 heterocycles. The molecule has 1 aromatic carbocycles. The number of carbonyl (C=O) groups is 2. The molecule has 2 unspecified atom stereocenters. The average Bonchev–Trinajstić information content (AvgIpc) is 2.62. The Morgan fingerprint density at radius 3 is 2.58 bits per heavy atom. The fourth-order valence-corrected chi connectivity index (χ4v) is 2.99. The highest BCUT2D eigenvalue weighted by Crippen LogP contribution is 2.33. The van der Waals surface area contributed by atoms with Crippen molar-refractivity contribution in [2.24, 2.45) is 5.92 Å². The van der Waals surface area contributed by atoms with E-state index in [9.17, 15) is 24.8 Å². The number of carbonyl (C=O) groups excluding carboxylic acids is 2. The van der Waals surface area contributed by atoms with Crippen LogP contribution in [0.3, 0.4) is 0 Å². The first-order valence-corrected chi connectivity index (χ1v) is 8.38. The van der Waals surface area contributed by atoms with Gasteiger partial charge in [0, 0.05) is 23.6 Å². The summed E-state index contributed by atoms with van der Waals surface area (Å²) in [5.74, 6) is -4.14. The van der Waals surface area contributed by atoms with Gasteiger partial charge in [0.05, 0.1) is 25.7 Å². The van der Waals surface area contributed by atoms with Crippen LogP contribution < -0.4 is 0 Å². The van der Waals surface area contributed by atoms with E-state index >= 15 is 0 Å². The highest BCUT2D eigenvalue weighted by molar-refractivity contribution is 5.99. The Morgan fingerprint density at radius 2 is 2.00 bits per heavy atom. The zero-order chi connectivity index (χ0) is 19.1. The molecule has 1 fully saturated rings. The minimum Gasteiger partial charge on any atom is -0.508 e. The zero-order valence-electron chi connectivity index (χ0n) is 14.5. The van der Waals surface area contributed by atoms with Crippen LogP contribution in [0.4, 0.5) is 0 Å². The predicted octanol–water partition coefficient (Wildman–Crippen LogP) is 0.791. The van der Waals surface area contributed by atoms with E-state index in [1.54, 1.807) is 19.1 Å². The largest absolute Gasteiger partial charge is 0.508 e. The van der Waals surface area contributed by atoms with Gasteiger partial charge in [0.1, 0.15) is 11.7 Å². The molecule has 9 heteroatoms. The summed E-state index contributed by atoms with van der Waals surface area (Å²) in [6, 6.07) is 5.99. The minimum absolute atomic E-state index is 0.0394. The molecule has 1 aliphatic heterocycles. The second kappa shape index (κ2) is 9.14. The lowest BCUT2D eigenvalue weighted by Crippen LogP contribution is -2.48. The molecule has 2 rings (SSSR count). The zero-order valence-corrected chi connectivity index (χ0v) is 14.5. The molecule has 0 spiro atoms. The monoisotopic (exact) mass is 366 g/mol. The molecule has 1 N–H and O–H groups in total. The van der Waals surface area contributed by atoms with Crippen LogP contribution in [0, 0.1) is 16.0 Å². The molecule has 142 valence electrons. The van der Waals surface area contributed by atoms with Crippen molar-refractivity contribution in [3.8, 4) is 5.75 Å².